The minimum absolute atomic E-state index is 0.339. The van der Waals surface area contributed by atoms with Crippen LogP contribution in [0.4, 0.5) is 4.79 Å². The van der Waals surface area contributed by atoms with Gasteiger partial charge in [-0.05, 0) is 12.8 Å². The van der Waals surface area contributed by atoms with Gasteiger partial charge in [-0.15, -0.1) is 0 Å². The summed E-state index contributed by atoms with van der Waals surface area (Å²) in [6, 6.07) is 0. The van der Waals surface area contributed by atoms with Gasteiger partial charge in [-0.25, -0.2) is 9.59 Å². The lowest BCUT2D eigenvalue weighted by Gasteiger charge is -2.02. The Morgan fingerprint density at radius 3 is 2.71 bits per heavy atom. The Balaban J connectivity index is 3.18. The van der Waals surface area contributed by atoms with Gasteiger partial charge < -0.3 is 13.1 Å². The van der Waals surface area contributed by atoms with Crippen molar-refractivity contribution in [3.63, 3.8) is 0 Å². The molecule has 1 amide bonds. The van der Waals surface area contributed by atoms with Gasteiger partial charge in [-0.3, -0.25) is 0 Å². The fourth-order valence-electron chi connectivity index (χ4n) is 0.676. The number of hydrogen-bond donors (Lipinski definition) is 1. The highest BCUT2D eigenvalue weighted by Crippen LogP contribution is 1.91. The Bertz CT molecular complexity index is 208. The minimum Gasteiger partial charge on any atom is -0.463 e. The molecule has 0 bridgehead atoms. The van der Waals surface area contributed by atoms with Crippen LogP contribution in [-0.2, 0) is 12.6 Å². The molecule has 5 nitrogen and oxygen atoms in total. The summed E-state index contributed by atoms with van der Waals surface area (Å²) >= 11 is 1.50. The molecule has 0 aromatic heterocycles. The molecular formula is C8H12INO4. The fraction of sp³-hybridized carbons (Fsp3) is 0.500. The summed E-state index contributed by atoms with van der Waals surface area (Å²) in [5, 5.41) is 2.51. The van der Waals surface area contributed by atoms with Gasteiger partial charge in [0.15, 0.2) is 23.0 Å². The van der Waals surface area contributed by atoms with E-state index >= 15 is 0 Å². The third-order valence-electron chi connectivity index (χ3n) is 1.32. The van der Waals surface area contributed by atoms with Crippen molar-refractivity contribution in [3.8, 4) is 0 Å². The number of halogens is 1. The smallest absolute Gasteiger partial charge is 0.416 e. The van der Waals surface area contributed by atoms with Gasteiger partial charge in [-0.1, -0.05) is 6.58 Å². The number of rotatable bonds is 6. The number of esters is 1. The summed E-state index contributed by atoms with van der Waals surface area (Å²) in [5.41, 5.74) is 0. The standard InChI is InChI=1S/C8H12INO4/c1-2-7(11)13-6-4-3-5-10-8(12)14-9/h2H,1,3-6H2,(H,10,12). The number of carbonyl (C=O) groups is 2. The molecule has 80 valence electrons. The van der Waals surface area contributed by atoms with Crippen molar-refractivity contribution in [3.05, 3.63) is 12.7 Å². The van der Waals surface area contributed by atoms with Crippen molar-refractivity contribution in [1.29, 1.82) is 0 Å². The zero-order chi connectivity index (χ0) is 10.8. The molecule has 0 saturated heterocycles. The quantitative estimate of drug-likeness (QED) is 0.350. The lowest BCUT2D eigenvalue weighted by atomic mass is 10.3. The van der Waals surface area contributed by atoms with E-state index in [1.54, 1.807) is 0 Å². The highest BCUT2D eigenvalue weighted by Gasteiger charge is 1.98. The second kappa shape index (κ2) is 8.79. The number of unbranched alkanes of at least 4 members (excludes halogenated alkanes) is 1. The zero-order valence-corrected chi connectivity index (χ0v) is 9.78. The molecule has 0 unspecified atom stereocenters. The van der Waals surface area contributed by atoms with Crippen LogP contribution < -0.4 is 5.32 Å². The van der Waals surface area contributed by atoms with Gasteiger partial charge in [0.2, 0.25) is 0 Å². The Labute approximate surface area is 96.5 Å². The molecule has 0 radical (unpaired) electrons. The number of hydrogen-bond acceptors (Lipinski definition) is 4. The first kappa shape index (κ1) is 13.2. The molecule has 0 aromatic rings. The summed E-state index contributed by atoms with van der Waals surface area (Å²) in [6.07, 6.45) is 2.08. The van der Waals surface area contributed by atoms with Gasteiger partial charge in [0.1, 0.15) is 0 Å². The summed E-state index contributed by atoms with van der Waals surface area (Å²) in [5.74, 6) is -0.426. The predicted molar refractivity (Wildman–Crippen MR) is 58.9 cm³/mol. The van der Waals surface area contributed by atoms with Crippen molar-refractivity contribution >= 4 is 35.1 Å². The van der Waals surface area contributed by atoms with Crippen LogP contribution in [-0.4, -0.2) is 25.2 Å². The molecule has 0 aromatic carbocycles. The number of nitrogens with one attached hydrogen (secondary N) is 1. The Morgan fingerprint density at radius 2 is 2.14 bits per heavy atom. The lowest BCUT2D eigenvalue weighted by Crippen LogP contribution is -2.22. The van der Waals surface area contributed by atoms with Crippen molar-refractivity contribution in [2.45, 2.75) is 12.8 Å². The van der Waals surface area contributed by atoms with E-state index in [4.69, 9.17) is 4.74 Å². The van der Waals surface area contributed by atoms with Gasteiger partial charge in [0, 0.05) is 12.6 Å². The number of carbonyl (C=O) groups excluding carboxylic acids is 2. The summed E-state index contributed by atoms with van der Waals surface area (Å²) in [6.45, 7) is 4.11. The first-order valence-corrected chi connectivity index (χ1v) is 4.94. The topological polar surface area (TPSA) is 64.6 Å². The van der Waals surface area contributed by atoms with Crippen molar-refractivity contribution in [2.75, 3.05) is 13.2 Å². The Morgan fingerprint density at radius 1 is 1.43 bits per heavy atom. The maximum Gasteiger partial charge on any atom is 0.416 e. The maximum atomic E-state index is 10.6. The molecule has 1 N–H and O–H groups in total. The van der Waals surface area contributed by atoms with Crippen LogP contribution in [0.3, 0.4) is 0 Å². The van der Waals surface area contributed by atoms with Crippen LogP contribution in [0.25, 0.3) is 0 Å². The van der Waals surface area contributed by atoms with Crippen LogP contribution in [0.1, 0.15) is 12.8 Å². The Hall–Kier alpha value is -0.790. The fourth-order valence-corrected chi connectivity index (χ4v) is 0.832. The van der Waals surface area contributed by atoms with E-state index in [2.05, 4.69) is 15.0 Å². The monoisotopic (exact) mass is 313 g/mol. The average molecular weight is 313 g/mol. The minimum atomic E-state index is -0.464. The maximum absolute atomic E-state index is 10.6. The molecule has 0 saturated carbocycles. The molecular weight excluding hydrogens is 301 g/mol. The van der Waals surface area contributed by atoms with Crippen molar-refractivity contribution in [2.24, 2.45) is 0 Å². The van der Waals surface area contributed by atoms with Crippen LogP contribution in [0, 0.1) is 0 Å². The Kier molecular flexibility index (Phi) is 8.30. The van der Waals surface area contributed by atoms with Gasteiger partial charge in [-0.2, -0.15) is 0 Å². The second-order valence-corrected chi connectivity index (χ2v) is 2.81. The SMILES string of the molecule is C=CC(=O)OCCCCNC(=O)OI. The summed E-state index contributed by atoms with van der Waals surface area (Å²) in [4.78, 5) is 21.1. The van der Waals surface area contributed by atoms with Crippen LogP contribution in [0.15, 0.2) is 12.7 Å². The van der Waals surface area contributed by atoms with Gasteiger partial charge in [0.05, 0.1) is 6.61 Å². The lowest BCUT2D eigenvalue weighted by molar-refractivity contribution is -0.137. The summed E-state index contributed by atoms with van der Waals surface area (Å²) in [7, 11) is 0. The van der Waals surface area contributed by atoms with E-state index in [0.717, 1.165) is 12.5 Å². The molecule has 0 aliphatic rings. The van der Waals surface area contributed by atoms with E-state index in [1.807, 2.05) is 0 Å². The van der Waals surface area contributed by atoms with E-state index in [-0.39, 0.29) is 0 Å². The number of amides is 1. The normalized spacial score (nSPS) is 8.93. The van der Waals surface area contributed by atoms with Gasteiger partial charge >= 0.3 is 12.1 Å². The van der Waals surface area contributed by atoms with Crippen LogP contribution in [0.5, 0.6) is 0 Å². The molecule has 6 heteroatoms. The molecule has 0 rings (SSSR count). The summed E-state index contributed by atoms with van der Waals surface area (Å²) < 4.78 is 9.06. The molecule has 14 heavy (non-hydrogen) atoms. The largest absolute Gasteiger partial charge is 0.463 e. The zero-order valence-electron chi connectivity index (χ0n) is 7.62. The van der Waals surface area contributed by atoms with Crippen molar-refractivity contribution in [1.82, 2.24) is 5.32 Å². The molecule has 0 aliphatic heterocycles. The third kappa shape index (κ3) is 7.84. The van der Waals surface area contributed by atoms with E-state index in [1.165, 1.54) is 23.0 Å². The molecule has 0 heterocycles. The van der Waals surface area contributed by atoms with Gasteiger partial charge in [0.25, 0.3) is 0 Å². The predicted octanol–water partition coefficient (Wildman–Crippen LogP) is 1.57. The van der Waals surface area contributed by atoms with Crippen LogP contribution >= 0.6 is 23.0 Å². The van der Waals surface area contributed by atoms with Crippen LogP contribution in [0.2, 0.25) is 0 Å². The molecule has 0 fully saturated rings. The third-order valence-corrected chi connectivity index (χ3v) is 1.72. The first-order valence-electron chi connectivity index (χ1n) is 4.06. The highest BCUT2D eigenvalue weighted by molar-refractivity contribution is 14.1. The molecule has 0 atom stereocenters. The first-order chi connectivity index (χ1) is 6.70. The van der Waals surface area contributed by atoms with E-state index < -0.39 is 12.1 Å². The average Bonchev–Trinajstić information content (AvgIpc) is 2.22. The highest BCUT2D eigenvalue weighted by atomic mass is 127. The number of ether oxygens (including phenoxy) is 1. The molecule has 0 spiro atoms. The van der Waals surface area contributed by atoms with E-state index in [0.29, 0.717) is 19.6 Å². The molecule has 0 aliphatic carbocycles. The van der Waals surface area contributed by atoms with Crippen molar-refractivity contribution < 1.29 is 17.4 Å². The van der Waals surface area contributed by atoms with E-state index in [9.17, 15) is 9.59 Å². The second-order valence-electron chi connectivity index (χ2n) is 2.37.